The quantitative estimate of drug-likeness (QED) is 0.227. The fourth-order valence-corrected chi connectivity index (χ4v) is 4.42. The third-order valence-corrected chi connectivity index (χ3v) is 6.16. The highest BCUT2D eigenvalue weighted by molar-refractivity contribution is 7.45. The maximum Gasteiger partial charge on any atom is 0.108 e. The SMILES string of the molecule is N/C(=C\C=C(/N)N(c1ccccc1)c1ccccc1)PN(c1ccccc1)c1ccccc1. The predicted octanol–water partition coefficient (Wildman–Crippen LogP) is 6.86. The van der Waals surface area contributed by atoms with E-state index >= 15 is 0 Å². The number of para-hydroxylation sites is 4. The molecule has 4 N–H and O–H groups in total. The summed E-state index contributed by atoms with van der Waals surface area (Å²) in [7, 11) is 0.232. The van der Waals surface area contributed by atoms with Crippen LogP contribution in [0.4, 0.5) is 22.7 Å². The molecule has 5 heteroatoms. The van der Waals surface area contributed by atoms with Gasteiger partial charge in [-0.1, -0.05) is 72.8 Å². The Balaban J connectivity index is 1.62. The fraction of sp³-hybridized carbons (Fsp3) is 0. The van der Waals surface area contributed by atoms with Crippen molar-refractivity contribution < 1.29 is 0 Å². The topological polar surface area (TPSA) is 58.5 Å². The molecule has 4 rings (SSSR count). The molecule has 0 saturated heterocycles. The summed E-state index contributed by atoms with van der Waals surface area (Å²) in [5, 5.41) is 0. The van der Waals surface area contributed by atoms with Crippen LogP contribution in [0.1, 0.15) is 0 Å². The summed E-state index contributed by atoms with van der Waals surface area (Å²) in [4.78, 5) is 2.01. The van der Waals surface area contributed by atoms with Crippen LogP contribution in [0, 0.1) is 0 Å². The standard InChI is InChI=1S/C28H27N4P/c29-27(31(23-13-5-1-6-14-23)24-15-7-2-8-16-24)21-22-28(30)33-32(25-17-9-3-10-18-25)26-19-11-4-12-20-26/h1-22,33H,29-30H2/b27-21+,28-22+. The van der Waals surface area contributed by atoms with E-state index in [2.05, 4.69) is 28.9 Å². The molecule has 4 aromatic carbocycles. The molecule has 4 nitrogen and oxygen atoms in total. The van der Waals surface area contributed by atoms with Crippen LogP contribution < -0.4 is 21.0 Å². The molecule has 4 aromatic rings. The molecule has 0 aromatic heterocycles. The second kappa shape index (κ2) is 11.0. The monoisotopic (exact) mass is 450 g/mol. The average Bonchev–Trinajstić information content (AvgIpc) is 2.88. The van der Waals surface area contributed by atoms with E-state index in [1.807, 2.05) is 114 Å². The van der Waals surface area contributed by atoms with Gasteiger partial charge in [-0.05, 0) is 60.7 Å². The van der Waals surface area contributed by atoms with Crippen LogP contribution in [-0.2, 0) is 0 Å². The van der Waals surface area contributed by atoms with Crippen molar-refractivity contribution in [3.05, 3.63) is 145 Å². The molecule has 1 unspecified atom stereocenters. The highest BCUT2D eigenvalue weighted by Gasteiger charge is 2.12. The van der Waals surface area contributed by atoms with E-state index in [1.54, 1.807) is 0 Å². The molecule has 0 fully saturated rings. The number of hydrogen-bond acceptors (Lipinski definition) is 4. The lowest BCUT2D eigenvalue weighted by Gasteiger charge is -2.26. The second-order valence-electron chi connectivity index (χ2n) is 7.34. The number of nitrogens with two attached hydrogens (primary N) is 2. The van der Waals surface area contributed by atoms with Crippen LogP contribution in [0.5, 0.6) is 0 Å². The van der Waals surface area contributed by atoms with Crippen molar-refractivity contribution in [2.75, 3.05) is 9.57 Å². The van der Waals surface area contributed by atoms with Crippen molar-refractivity contribution in [2.24, 2.45) is 11.5 Å². The van der Waals surface area contributed by atoms with E-state index in [9.17, 15) is 0 Å². The molecule has 0 aliphatic carbocycles. The van der Waals surface area contributed by atoms with Crippen molar-refractivity contribution in [1.82, 2.24) is 0 Å². The highest BCUT2D eigenvalue weighted by Crippen LogP contribution is 2.39. The van der Waals surface area contributed by atoms with E-state index in [0.29, 0.717) is 5.82 Å². The molecule has 0 saturated carbocycles. The molecule has 0 aliphatic heterocycles. The average molecular weight is 451 g/mol. The Morgan fingerprint density at radius 3 is 1.27 bits per heavy atom. The Bertz CT molecular complexity index is 1110. The first kappa shape index (κ1) is 22.2. The Morgan fingerprint density at radius 1 is 0.515 bits per heavy atom. The molecule has 164 valence electrons. The zero-order valence-electron chi connectivity index (χ0n) is 18.3. The number of benzene rings is 4. The molecule has 0 heterocycles. The Labute approximate surface area is 197 Å². The van der Waals surface area contributed by atoms with Crippen LogP contribution in [0.25, 0.3) is 0 Å². The largest absolute Gasteiger partial charge is 0.397 e. The maximum absolute atomic E-state index is 6.56. The molecule has 0 bridgehead atoms. The van der Waals surface area contributed by atoms with Gasteiger partial charge in [0, 0.05) is 31.5 Å². The number of hydrogen-bond donors (Lipinski definition) is 2. The van der Waals surface area contributed by atoms with Gasteiger partial charge in [0.05, 0.1) is 5.44 Å². The van der Waals surface area contributed by atoms with Crippen molar-refractivity contribution >= 4 is 31.5 Å². The van der Waals surface area contributed by atoms with Gasteiger partial charge in [-0.2, -0.15) is 0 Å². The van der Waals surface area contributed by atoms with Gasteiger partial charge in [0.25, 0.3) is 0 Å². The van der Waals surface area contributed by atoms with Crippen LogP contribution in [-0.4, -0.2) is 0 Å². The summed E-state index contributed by atoms with van der Waals surface area (Å²) in [6.45, 7) is 0. The van der Waals surface area contributed by atoms with E-state index in [4.69, 9.17) is 11.5 Å². The summed E-state index contributed by atoms with van der Waals surface area (Å²) in [6, 6.07) is 40.6. The molecule has 0 aliphatic rings. The zero-order chi connectivity index (χ0) is 22.9. The third kappa shape index (κ3) is 5.82. The lowest BCUT2D eigenvalue weighted by atomic mass is 10.2. The summed E-state index contributed by atoms with van der Waals surface area (Å²) in [5.74, 6) is 0.589. The van der Waals surface area contributed by atoms with Gasteiger partial charge >= 0.3 is 0 Å². The molecule has 0 spiro atoms. The third-order valence-electron chi connectivity index (χ3n) is 4.99. The van der Waals surface area contributed by atoms with Gasteiger partial charge in [-0.3, -0.25) is 4.90 Å². The van der Waals surface area contributed by atoms with E-state index in [-0.39, 0.29) is 8.73 Å². The maximum atomic E-state index is 6.56. The van der Waals surface area contributed by atoms with E-state index in [0.717, 1.165) is 28.2 Å². The van der Waals surface area contributed by atoms with Gasteiger partial charge in [0.1, 0.15) is 5.82 Å². The molecular formula is C28H27N4P. The minimum absolute atomic E-state index is 0.232. The number of allylic oxidation sites excluding steroid dienone is 2. The van der Waals surface area contributed by atoms with Gasteiger partial charge in [0.2, 0.25) is 0 Å². The lowest BCUT2D eigenvalue weighted by Crippen LogP contribution is -2.22. The summed E-state index contributed by atoms with van der Waals surface area (Å²) in [6.07, 6.45) is 3.77. The van der Waals surface area contributed by atoms with Crippen molar-refractivity contribution in [3.63, 3.8) is 0 Å². The van der Waals surface area contributed by atoms with Crippen molar-refractivity contribution in [1.29, 1.82) is 0 Å². The summed E-state index contributed by atoms with van der Waals surface area (Å²) in [5.41, 5.74) is 17.9. The van der Waals surface area contributed by atoms with Gasteiger partial charge < -0.3 is 16.1 Å². The highest BCUT2D eigenvalue weighted by atomic mass is 31.1. The molecule has 33 heavy (non-hydrogen) atoms. The van der Waals surface area contributed by atoms with Gasteiger partial charge in [0.15, 0.2) is 0 Å². The van der Waals surface area contributed by atoms with Crippen LogP contribution in [0.2, 0.25) is 0 Å². The predicted molar refractivity (Wildman–Crippen MR) is 143 cm³/mol. The molecule has 0 radical (unpaired) electrons. The number of anilines is 4. The first-order valence-corrected chi connectivity index (χ1v) is 11.7. The Hall–Kier alpha value is -4.01. The van der Waals surface area contributed by atoms with Crippen LogP contribution >= 0.6 is 8.73 Å². The molecule has 0 amide bonds. The minimum atomic E-state index is 0.232. The van der Waals surface area contributed by atoms with Crippen LogP contribution in [0.3, 0.4) is 0 Å². The minimum Gasteiger partial charge on any atom is -0.397 e. The number of nitrogens with zero attached hydrogens (tertiary/aromatic N) is 2. The summed E-state index contributed by atoms with van der Waals surface area (Å²) >= 11 is 0. The smallest absolute Gasteiger partial charge is 0.108 e. The zero-order valence-corrected chi connectivity index (χ0v) is 19.3. The van der Waals surface area contributed by atoms with E-state index < -0.39 is 0 Å². The first-order valence-electron chi connectivity index (χ1n) is 10.7. The van der Waals surface area contributed by atoms with Crippen molar-refractivity contribution in [3.8, 4) is 0 Å². The normalized spacial score (nSPS) is 12.1. The molecular weight excluding hydrogens is 423 g/mol. The molecule has 1 atom stereocenters. The van der Waals surface area contributed by atoms with Gasteiger partial charge in [-0.25, -0.2) is 0 Å². The second-order valence-corrected chi connectivity index (χ2v) is 8.59. The Kier molecular flexibility index (Phi) is 7.42. The van der Waals surface area contributed by atoms with Crippen molar-refractivity contribution in [2.45, 2.75) is 0 Å². The summed E-state index contributed by atoms with van der Waals surface area (Å²) < 4.78 is 2.21. The fourth-order valence-electron chi connectivity index (χ4n) is 3.45. The number of rotatable bonds is 8. The lowest BCUT2D eigenvalue weighted by molar-refractivity contribution is 1.12. The van der Waals surface area contributed by atoms with Gasteiger partial charge in [-0.15, -0.1) is 0 Å². The first-order chi connectivity index (χ1) is 16.2. The van der Waals surface area contributed by atoms with E-state index in [1.165, 1.54) is 0 Å². The Morgan fingerprint density at radius 2 is 0.879 bits per heavy atom. The van der Waals surface area contributed by atoms with Crippen LogP contribution in [0.15, 0.2) is 145 Å².